The average Bonchev–Trinajstić information content (AvgIpc) is 2.52. The number of hydrogen-bond donors (Lipinski definition) is 2. The minimum atomic E-state index is -0.161. The fraction of sp³-hybridized carbons (Fsp3) is 0.562. The first kappa shape index (κ1) is 16.1. The van der Waals surface area contributed by atoms with E-state index in [2.05, 4.69) is 5.32 Å². The van der Waals surface area contributed by atoms with Crippen molar-refractivity contribution in [3.63, 3.8) is 0 Å². The third-order valence-electron chi connectivity index (χ3n) is 4.23. The maximum atomic E-state index is 12.3. The lowest BCUT2D eigenvalue weighted by Crippen LogP contribution is -2.35. The van der Waals surface area contributed by atoms with Crippen LogP contribution in [-0.2, 0) is 0 Å². The number of carbonyl (C=O) groups is 1. The van der Waals surface area contributed by atoms with Gasteiger partial charge in [0.15, 0.2) is 0 Å². The Labute approximate surface area is 130 Å². The van der Waals surface area contributed by atoms with Crippen LogP contribution in [0.25, 0.3) is 0 Å². The van der Waals surface area contributed by atoms with Crippen molar-refractivity contribution in [3.8, 4) is 5.75 Å². The number of aliphatic hydroxyl groups excluding tert-OH is 1. The standard InChI is InChI=1S/C16H22ClNO3/c1-21-15-8-13(17)6-7-14(15)16(20)18-9-11-4-2-3-5-12(11)10-19/h6-8,11-12,19H,2-5,9-10H2,1H3,(H,18,20). The summed E-state index contributed by atoms with van der Waals surface area (Å²) in [6.07, 6.45) is 4.44. The normalized spacial score (nSPS) is 21.9. The monoisotopic (exact) mass is 311 g/mol. The van der Waals surface area contributed by atoms with Gasteiger partial charge in [0, 0.05) is 18.2 Å². The molecule has 2 unspecified atom stereocenters. The molecule has 0 heterocycles. The molecule has 1 saturated carbocycles. The number of hydrogen-bond acceptors (Lipinski definition) is 3. The zero-order chi connectivity index (χ0) is 15.2. The van der Waals surface area contributed by atoms with Crippen LogP contribution in [0, 0.1) is 11.8 Å². The maximum absolute atomic E-state index is 12.3. The molecule has 0 aliphatic heterocycles. The van der Waals surface area contributed by atoms with Gasteiger partial charge in [-0.2, -0.15) is 0 Å². The van der Waals surface area contributed by atoms with Crippen LogP contribution in [-0.4, -0.2) is 31.3 Å². The van der Waals surface area contributed by atoms with Gasteiger partial charge >= 0.3 is 0 Å². The molecular weight excluding hydrogens is 290 g/mol. The Morgan fingerprint density at radius 2 is 2.10 bits per heavy atom. The largest absolute Gasteiger partial charge is 0.496 e. The molecule has 0 spiro atoms. The summed E-state index contributed by atoms with van der Waals surface area (Å²) in [5.74, 6) is 0.963. The lowest BCUT2D eigenvalue weighted by molar-refractivity contribution is 0.0906. The Hall–Kier alpha value is -1.26. The molecule has 21 heavy (non-hydrogen) atoms. The van der Waals surface area contributed by atoms with Crippen LogP contribution in [0.2, 0.25) is 5.02 Å². The van der Waals surface area contributed by atoms with E-state index in [0.717, 1.165) is 12.8 Å². The fourth-order valence-electron chi connectivity index (χ4n) is 2.97. The van der Waals surface area contributed by atoms with Crippen LogP contribution in [0.15, 0.2) is 18.2 Å². The molecule has 1 amide bonds. The van der Waals surface area contributed by atoms with Crippen molar-refractivity contribution < 1.29 is 14.6 Å². The SMILES string of the molecule is COc1cc(Cl)ccc1C(=O)NCC1CCCCC1CO. The highest BCUT2D eigenvalue weighted by Crippen LogP contribution is 2.29. The number of rotatable bonds is 5. The van der Waals surface area contributed by atoms with Gasteiger partial charge in [-0.05, 0) is 42.9 Å². The third kappa shape index (κ3) is 4.11. The fourth-order valence-corrected chi connectivity index (χ4v) is 3.13. The van der Waals surface area contributed by atoms with Gasteiger partial charge in [0.2, 0.25) is 0 Å². The Morgan fingerprint density at radius 3 is 2.76 bits per heavy atom. The molecule has 116 valence electrons. The molecule has 1 aliphatic carbocycles. The average molecular weight is 312 g/mol. The number of methoxy groups -OCH3 is 1. The Morgan fingerprint density at radius 1 is 1.38 bits per heavy atom. The molecule has 0 radical (unpaired) electrons. The van der Waals surface area contributed by atoms with Crippen molar-refractivity contribution in [2.45, 2.75) is 25.7 Å². The smallest absolute Gasteiger partial charge is 0.255 e. The molecular formula is C16H22ClNO3. The van der Waals surface area contributed by atoms with E-state index in [1.54, 1.807) is 18.2 Å². The Kier molecular flexibility index (Phi) is 5.88. The van der Waals surface area contributed by atoms with E-state index >= 15 is 0 Å². The van der Waals surface area contributed by atoms with Crippen LogP contribution in [0.4, 0.5) is 0 Å². The van der Waals surface area contributed by atoms with Crippen molar-refractivity contribution in [2.75, 3.05) is 20.3 Å². The number of halogens is 1. The summed E-state index contributed by atoms with van der Waals surface area (Å²) in [5, 5.41) is 12.9. The van der Waals surface area contributed by atoms with Gasteiger partial charge in [-0.15, -0.1) is 0 Å². The highest BCUT2D eigenvalue weighted by molar-refractivity contribution is 6.30. The molecule has 0 bridgehead atoms. The third-order valence-corrected chi connectivity index (χ3v) is 4.47. The molecule has 1 aliphatic rings. The lowest BCUT2D eigenvalue weighted by Gasteiger charge is -2.30. The number of aliphatic hydroxyl groups is 1. The van der Waals surface area contributed by atoms with Gasteiger partial charge in [0.25, 0.3) is 5.91 Å². The summed E-state index contributed by atoms with van der Waals surface area (Å²) >= 11 is 5.90. The quantitative estimate of drug-likeness (QED) is 0.879. The number of benzene rings is 1. The van der Waals surface area contributed by atoms with Gasteiger partial charge in [-0.1, -0.05) is 24.4 Å². The molecule has 5 heteroatoms. The van der Waals surface area contributed by atoms with E-state index < -0.39 is 0 Å². The van der Waals surface area contributed by atoms with E-state index in [0.29, 0.717) is 34.7 Å². The van der Waals surface area contributed by atoms with Gasteiger partial charge in [-0.3, -0.25) is 4.79 Å². The Bertz CT molecular complexity index is 492. The first-order valence-electron chi connectivity index (χ1n) is 7.38. The van der Waals surface area contributed by atoms with Crippen LogP contribution in [0.1, 0.15) is 36.0 Å². The van der Waals surface area contributed by atoms with Crippen molar-refractivity contribution in [1.29, 1.82) is 0 Å². The van der Waals surface area contributed by atoms with E-state index in [9.17, 15) is 9.90 Å². The zero-order valence-electron chi connectivity index (χ0n) is 12.3. The topological polar surface area (TPSA) is 58.6 Å². The number of amides is 1. The Balaban J connectivity index is 1.98. The second kappa shape index (κ2) is 7.66. The van der Waals surface area contributed by atoms with Crippen molar-refractivity contribution in [1.82, 2.24) is 5.32 Å². The van der Waals surface area contributed by atoms with Crippen molar-refractivity contribution in [2.24, 2.45) is 11.8 Å². The van der Waals surface area contributed by atoms with Gasteiger partial charge in [0.05, 0.1) is 12.7 Å². The summed E-state index contributed by atoms with van der Waals surface area (Å²) in [6, 6.07) is 4.98. The summed E-state index contributed by atoms with van der Waals surface area (Å²) in [4.78, 5) is 12.3. The highest BCUT2D eigenvalue weighted by Gasteiger charge is 2.25. The molecule has 4 nitrogen and oxygen atoms in total. The molecule has 0 aromatic heterocycles. The summed E-state index contributed by atoms with van der Waals surface area (Å²) < 4.78 is 5.20. The summed E-state index contributed by atoms with van der Waals surface area (Å²) in [6.45, 7) is 0.792. The van der Waals surface area contributed by atoms with E-state index in [-0.39, 0.29) is 12.5 Å². The predicted octanol–water partition coefficient (Wildman–Crippen LogP) is 2.88. The molecule has 2 rings (SSSR count). The first-order chi connectivity index (χ1) is 10.2. The molecule has 0 saturated heterocycles. The molecule has 1 aromatic rings. The maximum Gasteiger partial charge on any atom is 0.255 e. The second-order valence-electron chi connectivity index (χ2n) is 5.54. The van der Waals surface area contributed by atoms with Crippen LogP contribution in [0.5, 0.6) is 5.75 Å². The van der Waals surface area contributed by atoms with Gasteiger partial charge in [-0.25, -0.2) is 0 Å². The summed E-state index contributed by atoms with van der Waals surface area (Å²) in [5.41, 5.74) is 0.484. The van der Waals surface area contributed by atoms with Crippen molar-refractivity contribution >= 4 is 17.5 Å². The number of ether oxygens (including phenoxy) is 1. The minimum Gasteiger partial charge on any atom is -0.496 e. The second-order valence-corrected chi connectivity index (χ2v) is 5.98. The zero-order valence-corrected chi connectivity index (χ0v) is 13.0. The number of carbonyl (C=O) groups excluding carboxylic acids is 1. The number of nitrogens with one attached hydrogen (secondary N) is 1. The molecule has 2 N–H and O–H groups in total. The van der Waals surface area contributed by atoms with Crippen LogP contribution >= 0.6 is 11.6 Å². The highest BCUT2D eigenvalue weighted by atomic mass is 35.5. The predicted molar refractivity (Wildman–Crippen MR) is 82.9 cm³/mol. The molecule has 2 atom stereocenters. The van der Waals surface area contributed by atoms with E-state index in [4.69, 9.17) is 16.3 Å². The molecule has 1 aromatic carbocycles. The van der Waals surface area contributed by atoms with Gasteiger partial charge in [0.1, 0.15) is 5.75 Å². The first-order valence-corrected chi connectivity index (χ1v) is 7.76. The summed E-state index contributed by atoms with van der Waals surface area (Å²) in [7, 11) is 1.52. The van der Waals surface area contributed by atoms with Crippen LogP contribution < -0.4 is 10.1 Å². The van der Waals surface area contributed by atoms with Crippen LogP contribution in [0.3, 0.4) is 0 Å². The van der Waals surface area contributed by atoms with Crippen molar-refractivity contribution in [3.05, 3.63) is 28.8 Å². The molecule has 1 fully saturated rings. The van der Waals surface area contributed by atoms with E-state index in [1.165, 1.54) is 20.0 Å². The lowest BCUT2D eigenvalue weighted by atomic mass is 9.79. The minimum absolute atomic E-state index is 0.161. The van der Waals surface area contributed by atoms with Gasteiger partial charge < -0.3 is 15.2 Å². The van der Waals surface area contributed by atoms with E-state index in [1.807, 2.05) is 0 Å².